The van der Waals surface area contributed by atoms with Crippen molar-refractivity contribution in [1.82, 2.24) is 0 Å². The molecule has 0 amide bonds. The quantitative estimate of drug-likeness (QED) is 0.472. The Morgan fingerprint density at radius 1 is 1.07 bits per heavy atom. The summed E-state index contributed by atoms with van der Waals surface area (Å²) in [4.78, 5) is 24.3. The first-order valence-electron chi connectivity index (χ1n) is 9.31. The van der Waals surface area contributed by atoms with E-state index in [1.165, 1.54) is 29.3 Å². The number of aryl methyl sites for hydroxylation is 2. The maximum atomic E-state index is 12.4. The topological polar surface area (TPSA) is 90.6 Å². The third-order valence-corrected chi connectivity index (χ3v) is 5.88. The fourth-order valence-electron chi connectivity index (χ4n) is 3.68. The summed E-state index contributed by atoms with van der Waals surface area (Å²) in [7, 11) is -3.14. The lowest BCUT2D eigenvalue weighted by atomic mass is 10.0. The molecule has 7 heteroatoms. The van der Waals surface area contributed by atoms with Crippen LogP contribution in [0.4, 0.5) is 0 Å². The first-order valence-corrected chi connectivity index (χ1v) is 11.4. The average Bonchev–Trinajstić information content (AvgIpc) is 3.10. The monoisotopic (exact) mass is 412 g/mol. The Morgan fingerprint density at radius 3 is 2.45 bits per heavy atom. The number of fused-ring (bicyclic) bond motifs is 2. The summed E-state index contributed by atoms with van der Waals surface area (Å²) < 4.78 is 33.4. The van der Waals surface area contributed by atoms with E-state index in [-0.39, 0.29) is 12.4 Å². The van der Waals surface area contributed by atoms with Crippen LogP contribution < -0.4 is 5.63 Å². The first-order chi connectivity index (χ1) is 13.8. The van der Waals surface area contributed by atoms with Crippen molar-refractivity contribution in [3.63, 3.8) is 0 Å². The molecule has 0 bridgehead atoms. The molecule has 29 heavy (non-hydrogen) atoms. The SMILES string of the molecule is CS(=O)(=O)Cc1ccc(C(=O)OCc2cc(=O)oc3cc4c(cc23)CCC4)cc1. The van der Waals surface area contributed by atoms with Gasteiger partial charge in [-0.2, -0.15) is 0 Å². The van der Waals surface area contributed by atoms with Gasteiger partial charge in [0.2, 0.25) is 0 Å². The molecule has 1 aromatic heterocycles. The smallest absolute Gasteiger partial charge is 0.338 e. The molecule has 1 heterocycles. The zero-order valence-electron chi connectivity index (χ0n) is 15.9. The van der Waals surface area contributed by atoms with Crippen LogP contribution in [-0.4, -0.2) is 20.6 Å². The second-order valence-corrected chi connectivity index (χ2v) is 9.54. The van der Waals surface area contributed by atoms with Crippen molar-refractivity contribution in [2.75, 3.05) is 6.26 Å². The van der Waals surface area contributed by atoms with E-state index in [0.717, 1.165) is 30.9 Å². The van der Waals surface area contributed by atoms with Crippen molar-refractivity contribution in [2.24, 2.45) is 0 Å². The number of esters is 1. The molecule has 0 spiro atoms. The maximum Gasteiger partial charge on any atom is 0.338 e. The molecular weight excluding hydrogens is 392 g/mol. The van der Waals surface area contributed by atoms with Gasteiger partial charge in [-0.15, -0.1) is 0 Å². The molecule has 3 aromatic rings. The largest absolute Gasteiger partial charge is 0.457 e. The lowest BCUT2D eigenvalue weighted by molar-refractivity contribution is 0.0474. The van der Waals surface area contributed by atoms with Gasteiger partial charge in [-0.25, -0.2) is 18.0 Å². The van der Waals surface area contributed by atoms with Gasteiger partial charge in [0.25, 0.3) is 0 Å². The van der Waals surface area contributed by atoms with Crippen LogP contribution in [0.15, 0.2) is 51.7 Å². The normalized spacial score (nSPS) is 13.4. The Bertz CT molecular complexity index is 1250. The molecule has 4 rings (SSSR count). The van der Waals surface area contributed by atoms with E-state index in [1.54, 1.807) is 12.1 Å². The lowest BCUT2D eigenvalue weighted by Gasteiger charge is -2.09. The van der Waals surface area contributed by atoms with E-state index in [9.17, 15) is 18.0 Å². The zero-order valence-corrected chi connectivity index (χ0v) is 16.8. The Balaban J connectivity index is 1.53. The third kappa shape index (κ3) is 4.40. The highest BCUT2D eigenvalue weighted by molar-refractivity contribution is 7.89. The Morgan fingerprint density at radius 2 is 1.76 bits per heavy atom. The van der Waals surface area contributed by atoms with Crippen LogP contribution >= 0.6 is 0 Å². The fourth-order valence-corrected chi connectivity index (χ4v) is 4.48. The highest BCUT2D eigenvalue weighted by Crippen LogP contribution is 2.28. The maximum absolute atomic E-state index is 12.4. The molecule has 0 fully saturated rings. The predicted octanol–water partition coefficient (Wildman–Crippen LogP) is 3.18. The Kier molecular flexibility index (Phi) is 5.00. The van der Waals surface area contributed by atoms with Crippen molar-refractivity contribution in [1.29, 1.82) is 0 Å². The van der Waals surface area contributed by atoms with Crippen molar-refractivity contribution >= 4 is 26.8 Å². The van der Waals surface area contributed by atoms with E-state index < -0.39 is 21.4 Å². The molecule has 0 atom stereocenters. The minimum atomic E-state index is -3.14. The van der Waals surface area contributed by atoms with E-state index in [1.807, 2.05) is 12.1 Å². The standard InChI is InChI=1S/C22H20O6S/c1-29(25,26)13-14-5-7-15(8-6-14)22(24)27-12-18-11-21(23)28-20-10-17-4-2-3-16(17)9-19(18)20/h5-11H,2-4,12-13H2,1H3. The van der Waals surface area contributed by atoms with Crippen molar-refractivity contribution in [2.45, 2.75) is 31.6 Å². The van der Waals surface area contributed by atoms with Crippen LogP contribution in [0.2, 0.25) is 0 Å². The lowest BCUT2D eigenvalue weighted by Crippen LogP contribution is -2.08. The number of carbonyl (C=O) groups is 1. The van der Waals surface area contributed by atoms with Crippen molar-refractivity contribution < 1.29 is 22.4 Å². The minimum Gasteiger partial charge on any atom is -0.457 e. The van der Waals surface area contributed by atoms with Crippen molar-refractivity contribution in [3.8, 4) is 0 Å². The molecule has 150 valence electrons. The summed E-state index contributed by atoms with van der Waals surface area (Å²) in [5.41, 5.74) is 3.98. The van der Waals surface area contributed by atoms with E-state index >= 15 is 0 Å². The van der Waals surface area contributed by atoms with Crippen LogP contribution in [0.1, 0.15) is 39.0 Å². The number of carbonyl (C=O) groups excluding carboxylic acids is 1. The summed E-state index contributed by atoms with van der Waals surface area (Å²) in [6.07, 6.45) is 4.20. The zero-order chi connectivity index (χ0) is 20.6. The highest BCUT2D eigenvalue weighted by Gasteiger charge is 2.16. The van der Waals surface area contributed by atoms with Gasteiger partial charge in [-0.05, 0) is 60.2 Å². The molecular formula is C22H20O6S. The molecule has 2 aromatic carbocycles. The number of sulfone groups is 1. The Labute approximate surface area is 168 Å². The second kappa shape index (κ2) is 7.48. The molecule has 0 saturated carbocycles. The van der Waals surface area contributed by atoms with E-state index in [0.29, 0.717) is 22.3 Å². The third-order valence-electron chi connectivity index (χ3n) is 5.02. The van der Waals surface area contributed by atoms with E-state index in [2.05, 4.69) is 0 Å². The summed E-state index contributed by atoms with van der Waals surface area (Å²) in [6.45, 7) is -0.0508. The van der Waals surface area contributed by atoms with Crippen LogP contribution in [0.25, 0.3) is 11.0 Å². The fraction of sp³-hybridized carbons (Fsp3) is 0.273. The second-order valence-electron chi connectivity index (χ2n) is 7.40. The van der Waals surface area contributed by atoms with Gasteiger partial charge in [0.15, 0.2) is 9.84 Å². The average molecular weight is 412 g/mol. The molecule has 1 aliphatic carbocycles. The summed E-state index contributed by atoms with van der Waals surface area (Å²) in [5.74, 6) is -0.628. The van der Waals surface area contributed by atoms with E-state index in [4.69, 9.17) is 9.15 Å². The van der Waals surface area contributed by atoms with Gasteiger partial charge in [0.1, 0.15) is 12.2 Å². The van der Waals surface area contributed by atoms with Crippen LogP contribution in [0.3, 0.4) is 0 Å². The van der Waals surface area contributed by atoms with Gasteiger partial charge in [-0.3, -0.25) is 0 Å². The van der Waals surface area contributed by atoms with Gasteiger partial charge < -0.3 is 9.15 Å². The number of hydrogen-bond acceptors (Lipinski definition) is 6. The molecule has 0 N–H and O–H groups in total. The van der Waals surface area contributed by atoms with Crippen LogP contribution in [0.5, 0.6) is 0 Å². The minimum absolute atomic E-state index is 0.0508. The first kappa shape index (κ1) is 19.4. The van der Waals surface area contributed by atoms with Crippen LogP contribution in [-0.2, 0) is 39.8 Å². The summed E-state index contributed by atoms with van der Waals surface area (Å²) in [6, 6.07) is 11.5. The van der Waals surface area contributed by atoms with Gasteiger partial charge in [0.05, 0.1) is 11.3 Å². The number of hydrogen-bond donors (Lipinski definition) is 0. The molecule has 0 aliphatic heterocycles. The van der Waals surface area contributed by atoms with Gasteiger partial charge in [0, 0.05) is 23.3 Å². The number of benzene rings is 2. The Hall–Kier alpha value is -2.93. The van der Waals surface area contributed by atoms with Gasteiger partial charge >= 0.3 is 11.6 Å². The highest BCUT2D eigenvalue weighted by atomic mass is 32.2. The van der Waals surface area contributed by atoms with Crippen LogP contribution in [0, 0.1) is 0 Å². The molecule has 0 saturated heterocycles. The van der Waals surface area contributed by atoms with Crippen molar-refractivity contribution in [3.05, 3.63) is 80.7 Å². The summed E-state index contributed by atoms with van der Waals surface area (Å²) >= 11 is 0. The number of ether oxygens (including phenoxy) is 1. The predicted molar refractivity (Wildman–Crippen MR) is 109 cm³/mol. The molecule has 1 aliphatic rings. The molecule has 6 nitrogen and oxygen atoms in total. The number of rotatable bonds is 5. The van der Waals surface area contributed by atoms with Gasteiger partial charge in [-0.1, -0.05) is 12.1 Å². The molecule has 0 radical (unpaired) electrons. The summed E-state index contributed by atoms with van der Waals surface area (Å²) in [5, 5.41) is 0.779. The molecule has 0 unspecified atom stereocenters.